The fraction of sp³-hybridized carbons (Fsp3) is 0.571. The van der Waals surface area contributed by atoms with Crippen molar-refractivity contribution in [2.75, 3.05) is 31.5 Å². The summed E-state index contributed by atoms with van der Waals surface area (Å²) in [6.07, 6.45) is 4.70. The maximum atomic E-state index is 12.9. The Hall–Kier alpha value is -2.41. The number of pyridine rings is 1. The third kappa shape index (κ3) is 4.90. The molecule has 1 aliphatic heterocycles. The standard InChI is InChI=1S/C21H32N6O/c1-5-19-15-25(12-13-27(19)16(2)3)21(28)18-6-7-20(23-14-18)22-9-11-26-10-8-17(4)24-26/h6-8,10,14,16,19H,5,9,11-13,15H2,1-4H3,(H,22,23)/t19-/m0/s1. The number of anilines is 1. The van der Waals surface area contributed by atoms with Gasteiger partial charge in [-0.2, -0.15) is 5.10 Å². The predicted octanol–water partition coefficient (Wildman–Crippen LogP) is 2.64. The van der Waals surface area contributed by atoms with Gasteiger partial charge in [-0.25, -0.2) is 4.98 Å². The first-order valence-corrected chi connectivity index (χ1v) is 10.2. The Morgan fingerprint density at radius 3 is 2.71 bits per heavy atom. The van der Waals surface area contributed by atoms with E-state index in [-0.39, 0.29) is 5.91 Å². The van der Waals surface area contributed by atoms with E-state index in [1.165, 1.54) is 0 Å². The minimum absolute atomic E-state index is 0.0768. The van der Waals surface area contributed by atoms with Crippen LogP contribution in [0.25, 0.3) is 0 Å². The molecule has 0 unspecified atom stereocenters. The lowest BCUT2D eigenvalue weighted by molar-refractivity contribution is 0.0371. The number of aryl methyl sites for hydroxylation is 1. The predicted molar refractivity (Wildman–Crippen MR) is 112 cm³/mol. The van der Waals surface area contributed by atoms with Gasteiger partial charge >= 0.3 is 0 Å². The van der Waals surface area contributed by atoms with Crippen molar-refractivity contribution < 1.29 is 4.79 Å². The van der Waals surface area contributed by atoms with Gasteiger partial charge in [0.05, 0.1) is 17.8 Å². The smallest absolute Gasteiger partial charge is 0.255 e. The van der Waals surface area contributed by atoms with Crippen LogP contribution in [0, 0.1) is 6.92 Å². The topological polar surface area (TPSA) is 66.3 Å². The first-order chi connectivity index (χ1) is 13.5. The zero-order valence-electron chi connectivity index (χ0n) is 17.4. The SMILES string of the molecule is CC[C@H]1CN(C(=O)c2ccc(NCCn3ccc(C)n3)nc2)CCN1C(C)C. The van der Waals surface area contributed by atoms with Gasteiger partial charge in [-0.3, -0.25) is 14.4 Å². The number of carbonyl (C=O) groups is 1. The molecule has 0 radical (unpaired) electrons. The molecule has 1 atom stereocenters. The Morgan fingerprint density at radius 1 is 1.29 bits per heavy atom. The normalized spacial score (nSPS) is 17.9. The van der Waals surface area contributed by atoms with Gasteiger partial charge in [0.2, 0.25) is 0 Å². The van der Waals surface area contributed by atoms with Crippen molar-refractivity contribution in [1.82, 2.24) is 24.6 Å². The second kappa shape index (κ2) is 9.19. The lowest BCUT2D eigenvalue weighted by Crippen LogP contribution is -2.56. The van der Waals surface area contributed by atoms with E-state index >= 15 is 0 Å². The van der Waals surface area contributed by atoms with Crippen LogP contribution in [-0.4, -0.2) is 68.7 Å². The second-order valence-corrected chi connectivity index (χ2v) is 7.72. The number of hydrogen-bond acceptors (Lipinski definition) is 5. The number of hydrogen-bond donors (Lipinski definition) is 1. The fourth-order valence-corrected chi connectivity index (χ4v) is 3.79. The molecule has 1 fully saturated rings. The van der Waals surface area contributed by atoms with E-state index < -0.39 is 0 Å². The minimum Gasteiger partial charge on any atom is -0.368 e. The molecule has 3 heterocycles. The van der Waals surface area contributed by atoms with Crippen LogP contribution in [0.15, 0.2) is 30.6 Å². The highest BCUT2D eigenvalue weighted by atomic mass is 16.2. The fourth-order valence-electron chi connectivity index (χ4n) is 3.79. The molecule has 2 aromatic heterocycles. The largest absolute Gasteiger partial charge is 0.368 e. The quantitative estimate of drug-likeness (QED) is 0.795. The van der Waals surface area contributed by atoms with Crippen molar-refractivity contribution in [3.05, 3.63) is 41.9 Å². The van der Waals surface area contributed by atoms with Crippen LogP contribution in [0.4, 0.5) is 5.82 Å². The highest BCUT2D eigenvalue weighted by Gasteiger charge is 2.30. The molecule has 7 heteroatoms. The highest BCUT2D eigenvalue weighted by molar-refractivity contribution is 5.94. The van der Waals surface area contributed by atoms with E-state index in [4.69, 9.17) is 0 Å². The number of nitrogens with one attached hydrogen (secondary N) is 1. The van der Waals surface area contributed by atoms with Gasteiger partial charge in [-0.05, 0) is 45.4 Å². The average Bonchev–Trinajstić information content (AvgIpc) is 3.12. The molecule has 0 aliphatic carbocycles. The molecular weight excluding hydrogens is 352 g/mol. The van der Waals surface area contributed by atoms with E-state index in [9.17, 15) is 4.79 Å². The third-order valence-electron chi connectivity index (χ3n) is 5.38. The van der Waals surface area contributed by atoms with E-state index in [2.05, 4.69) is 41.1 Å². The lowest BCUT2D eigenvalue weighted by Gasteiger charge is -2.43. The van der Waals surface area contributed by atoms with Gasteiger partial charge in [-0.1, -0.05) is 6.92 Å². The Bertz CT molecular complexity index is 769. The first-order valence-electron chi connectivity index (χ1n) is 10.2. The zero-order chi connectivity index (χ0) is 20.1. The van der Waals surface area contributed by atoms with Crippen molar-refractivity contribution in [3.63, 3.8) is 0 Å². The summed E-state index contributed by atoms with van der Waals surface area (Å²) in [6, 6.07) is 6.68. The molecule has 152 valence electrons. The minimum atomic E-state index is 0.0768. The van der Waals surface area contributed by atoms with Gasteiger partial charge < -0.3 is 10.2 Å². The molecule has 0 saturated carbocycles. The molecule has 0 aromatic carbocycles. The summed E-state index contributed by atoms with van der Waals surface area (Å²) < 4.78 is 1.90. The zero-order valence-corrected chi connectivity index (χ0v) is 17.4. The van der Waals surface area contributed by atoms with Crippen molar-refractivity contribution in [2.24, 2.45) is 0 Å². The van der Waals surface area contributed by atoms with Crippen molar-refractivity contribution >= 4 is 11.7 Å². The van der Waals surface area contributed by atoms with Gasteiger partial charge in [0, 0.05) is 50.7 Å². The molecular formula is C21H32N6O. The Balaban J connectivity index is 1.53. The highest BCUT2D eigenvalue weighted by Crippen LogP contribution is 2.18. The van der Waals surface area contributed by atoms with Crippen molar-refractivity contribution in [2.45, 2.75) is 52.7 Å². The number of amides is 1. The van der Waals surface area contributed by atoms with E-state index in [0.717, 1.165) is 50.7 Å². The number of aromatic nitrogens is 3. The van der Waals surface area contributed by atoms with Gasteiger partial charge in [-0.15, -0.1) is 0 Å². The Labute approximate surface area is 167 Å². The average molecular weight is 385 g/mol. The van der Waals surface area contributed by atoms with Crippen LogP contribution in [0.1, 0.15) is 43.2 Å². The van der Waals surface area contributed by atoms with Gasteiger partial charge in [0.25, 0.3) is 5.91 Å². The molecule has 0 spiro atoms. The monoisotopic (exact) mass is 384 g/mol. The Kier molecular flexibility index (Phi) is 6.67. The van der Waals surface area contributed by atoms with Crippen LogP contribution in [0.2, 0.25) is 0 Å². The number of rotatable bonds is 7. The summed E-state index contributed by atoms with van der Waals surface area (Å²) in [7, 11) is 0. The molecule has 2 aromatic rings. The molecule has 0 bridgehead atoms. The molecule has 28 heavy (non-hydrogen) atoms. The second-order valence-electron chi connectivity index (χ2n) is 7.72. The maximum Gasteiger partial charge on any atom is 0.255 e. The molecule has 1 saturated heterocycles. The third-order valence-corrected chi connectivity index (χ3v) is 5.38. The van der Waals surface area contributed by atoms with Crippen LogP contribution in [0.5, 0.6) is 0 Å². The summed E-state index contributed by atoms with van der Waals surface area (Å²) in [4.78, 5) is 21.8. The van der Waals surface area contributed by atoms with Crippen LogP contribution >= 0.6 is 0 Å². The summed E-state index contributed by atoms with van der Waals surface area (Å²) in [6.45, 7) is 12.6. The molecule has 1 aliphatic rings. The van der Waals surface area contributed by atoms with Crippen LogP contribution in [-0.2, 0) is 6.54 Å². The first kappa shape index (κ1) is 20.3. The molecule has 3 rings (SSSR count). The molecule has 1 N–H and O–H groups in total. The lowest BCUT2D eigenvalue weighted by atomic mass is 10.1. The van der Waals surface area contributed by atoms with E-state index in [0.29, 0.717) is 17.6 Å². The van der Waals surface area contributed by atoms with Gasteiger partial charge in [0.15, 0.2) is 0 Å². The summed E-state index contributed by atoms with van der Waals surface area (Å²) >= 11 is 0. The summed E-state index contributed by atoms with van der Waals surface area (Å²) in [5.41, 5.74) is 1.67. The summed E-state index contributed by atoms with van der Waals surface area (Å²) in [5, 5.41) is 7.64. The van der Waals surface area contributed by atoms with Crippen LogP contribution in [0.3, 0.4) is 0 Å². The summed E-state index contributed by atoms with van der Waals surface area (Å²) in [5.74, 6) is 0.851. The number of carbonyl (C=O) groups excluding carboxylic acids is 1. The van der Waals surface area contributed by atoms with Gasteiger partial charge in [0.1, 0.15) is 5.82 Å². The molecule has 7 nitrogen and oxygen atoms in total. The van der Waals surface area contributed by atoms with E-state index in [1.807, 2.05) is 40.9 Å². The van der Waals surface area contributed by atoms with Crippen LogP contribution < -0.4 is 5.32 Å². The van der Waals surface area contributed by atoms with Crippen molar-refractivity contribution in [1.29, 1.82) is 0 Å². The maximum absolute atomic E-state index is 12.9. The number of piperazine rings is 1. The van der Waals surface area contributed by atoms with Crippen molar-refractivity contribution in [3.8, 4) is 0 Å². The van der Waals surface area contributed by atoms with E-state index in [1.54, 1.807) is 6.20 Å². The Morgan fingerprint density at radius 2 is 2.11 bits per heavy atom. The molecule has 1 amide bonds. The number of nitrogens with zero attached hydrogens (tertiary/aromatic N) is 5.